The molecule has 0 radical (unpaired) electrons. The third-order valence-electron chi connectivity index (χ3n) is 13.6. The number of ether oxygens (including phenoxy) is 1. The van der Waals surface area contributed by atoms with Crippen LogP contribution in [0.5, 0.6) is 11.5 Å². The number of nitrogens with zero attached hydrogens (tertiary/aromatic N) is 4. The molecule has 0 saturated heterocycles. The van der Waals surface area contributed by atoms with Gasteiger partial charge < -0.3 is 9.15 Å². The van der Waals surface area contributed by atoms with Crippen LogP contribution in [0.15, 0.2) is 217 Å². The number of imidazole rings is 1. The van der Waals surface area contributed by atoms with Crippen LogP contribution >= 0.6 is 0 Å². The van der Waals surface area contributed by atoms with Crippen LogP contribution in [-0.2, 0) is 5.41 Å². The highest BCUT2D eigenvalue weighted by Crippen LogP contribution is 2.46. The highest BCUT2D eigenvalue weighted by molar-refractivity contribution is 6.10. The molecule has 332 valence electrons. The predicted molar refractivity (Wildman–Crippen MR) is 284 cm³/mol. The summed E-state index contributed by atoms with van der Waals surface area (Å²) in [5.74, 6) is 1.94. The van der Waals surface area contributed by atoms with E-state index in [2.05, 4.69) is 68.1 Å². The van der Waals surface area contributed by atoms with Crippen molar-refractivity contribution < 1.29 is 24.7 Å². The lowest BCUT2D eigenvalue weighted by atomic mass is 9.88. The van der Waals surface area contributed by atoms with E-state index in [9.17, 15) is 5.48 Å². The molecule has 0 spiro atoms. The summed E-state index contributed by atoms with van der Waals surface area (Å²) in [6, 6.07) is 47.6. The Morgan fingerprint density at radius 2 is 1.20 bits per heavy atom. The minimum Gasteiger partial charge on any atom is -0.458 e. The Labute approximate surface area is 415 Å². The van der Waals surface area contributed by atoms with Crippen molar-refractivity contribution in [2.45, 2.75) is 26.2 Å². The summed E-state index contributed by atoms with van der Waals surface area (Å²) in [4.78, 5) is 4.87. The number of aromatic nitrogens is 4. The van der Waals surface area contributed by atoms with Crippen LogP contribution in [0.25, 0.3) is 116 Å². The lowest BCUT2D eigenvalue weighted by Gasteiger charge is -2.20. The zero-order chi connectivity index (χ0) is 53.6. The van der Waals surface area contributed by atoms with Crippen LogP contribution < -0.4 is 9.30 Å². The Kier molecular flexibility index (Phi) is 7.12. The molecule has 1 aliphatic heterocycles. The first kappa shape index (κ1) is 32.7. The van der Waals surface area contributed by atoms with Gasteiger partial charge >= 0.3 is 0 Å². The second-order valence-corrected chi connectivity index (χ2v) is 18.7. The van der Waals surface area contributed by atoms with Crippen molar-refractivity contribution in [3.05, 3.63) is 224 Å². The number of hydrogen-bond acceptors (Lipinski definition) is 3. The number of hydrogen-bond donors (Lipinski definition) is 0. The van der Waals surface area contributed by atoms with Crippen molar-refractivity contribution in [3.8, 4) is 73.2 Å². The second-order valence-electron chi connectivity index (χ2n) is 18.7. The fourth-order valence-electron chi connectivity index (χ4n) is 10.3. The lowest BCUT2D eigenvalue weighted by molar-refractivity contribution is -0.570. The number of fused-ring (bicyclic) bond motifs is 13. The van der Waals surface area contributed by atoms with Gasteiger partial charge in [0.15, 0.2) is 0 Å². The van der Waals surface area contributed by atoms with E-state index >= 15 is 0 Å². The summed E-state index contributed by atoms with van der Waals surface area (Å²) >= 11 is 0. The molecule has 4 aromatic heterocycles. The minimum atomic E-state index is -0.529. The number of para-hydroxylation sites is 4. The van der Waals surface area contributed by atoms with Gasteiger partial charge in [-0.2, -0.15) is 0 Å². The second kappa shape index (κ2) is 15.3. The van der Waals surface area contributed by atoms with Gasteiger partial charge in [-0.3, -0.25) is 13.7 Å². The Morgan fingerprint density at radius 1 is 0.543 bits per heavy atom. The van der Waals surface area contributed by atoms with E-state index in [4.69, 9.17) is 19.6 Å². The van der Waals surface area contributed by atoms with Crippen LogP contribution in [-0.4, -0.2) is 14.1 Å². The quantitative estimate of drug-likeness (QED) is 0.128. The molecule has 0 aliphatic carbocycles. The van der Waals surface area contributed by atoms with E-state index < -0.39 is 36.3 Å². The summed E-state index contributed by atoms with van der Waals surface area (Å²) in [6.45, 7) is 6.57. The molecule has 14 rings (SSSR count). The van der Waals surface area contributed by atoms with Gasteiger partial charge in [0.1, 0.15) is 28.5 Å². The zero-order valence-corrected chi connectivity index (χ0v) is 38.2. The van der Waals surface area contributed by atoms with Crippen molar-refractivity contribution in [2.24, 2.45) is 0 Å². The minimum absolute atomic E-state index is 0.0357. The van der Waals surface area contributed by atoms with E-state index in [-0.39, 0.29) is 39.8 Å². The normalized spacial score (nSPS) is 13.8. The van der Waals surface area contributed by atoms with Gasteiger partial charge in [0.25, 0.3) is 6.33 Å². The molecular weight excluding hydrogens is 857 g/mol. The molecule has 6 nitrogen and oxygen atoms in total. The molecular formula is C64H44N4O2. The van der Waals surface area contributed by atoms with Crippen LogP contribution in [0.2, 0.25) is 0 Å². The van der Waals surface area contributed by atoms with Gasteiger partial charge in [0, 0.05) is 33.8 Å². The predicted octanol–water partition coefficient (Wildman–Crippen LogP) is 16.2. The molecule has 9 aromatic carbocycles. The third kappa shape index (κ3) is 6.19. The maximum Gasteiger partial charge on any atom is 0.269 e. The average molecular weight is 909 g/mol. The molecule has 0 fully saturated rings. The number of pyridine rings is 1. The smallest absolute Gasteiger partial charge is 0.269 e. The van der Waals surface area contributed by atoms with Crippen LogP contribution in [0, 0.1) is 6.33 Å². The molecule has 0 atom stereocenters. The topological polar surface area (TPSA) is 49.0 Å². The van der Waals surface area contributed by atoms with Crippen molar-refractivity contribution >= 4 is 54.8 Å². The van der Waals surface area contributed by atoms with Crippen LogP contribution in [0.3, 0.4) is 0 Å². The zero-order valence-electron chi connectivity index (χ0n) is 46.2. The molecule has 0 N–H and O–H groups in total. The molecule has 13 aromatic rings. The van der Waals surface area contributed by atoms with Gasteiger partial charge in [0.2, 0.25) is 0 Å². The summed E-state index contributed by atoms with van der Waals surface area (Å²) in [7, 11) is 0. The molecule has 0 amide bonds. The number of rotatable bonds is 5. The number of furan rings is 1. The van der Waals surface area contributed by atoms with Gasteiger partial charge in [-0.05, 0) is 122 Å². The van der Waals surface area contributed by atoms with Crippen LogP contribution in [0.1, 0.15) is 37.3 Å². The fourth-order valence-corrected chi connectivity index (χ4v) is 10.3. The molecule has 1 aliphatic rings. The standard InChI is InChI=1S/C64H44N4O2/c1-64(2,3)41-33-34-65-61(36-41)68-56-26-10-8-21-50(56)51-31-30-44(38-58(51)68)69-43-16-12-15-42(37-43)66-39-67-62-45(40-29-32-60-55(35-40)52-22-9-11-28-59(52)70-60)23-13-24-53(62)48-19-6-4-17-46(48)47-18-5-7-20-49(47)54-25-14-27-57(66)63(54)67/h4-38H,1-3H3/i4D,5D,6D,7D,17D,18D,19D,20D. The SMILES string of the molecule is [2H]c1c([2H])c([2H])c2c(c1[2H])-c1cccc(-c3ccc4oc5ccccc5c4c3)c1-[n+]1[c-]n(-c3cccc(Oc4ccc5c6ccccc6n(-c6cc(C(C)(C)C)ccn6)c5c4)c3)c3cccc(c31)-c1c([2H])c([2H])c([2H])c([2H])c1-2. The Morgan fingerprint density at radius 3 is 2.03 bits per heavy atom. The Balaban J connectivity index is 1.02. The molecule has 0 unspecified atom stereocenters. The van der Waals surface area contributed by atoms with Crippen molar-refractivity contribution in [1.82, 2.24) is 14.1 Å². The molecule has 5 heterocycles. The van der Waals surface area contributed by atoms with E-state index in [0.29, 0.717) is 56.2 Å². The Bertz CT molecular complexity index is 4760. The van der Waals surface area contributed by atoms with Crippen LogP contribution in [0.4, 0.5) is 0 Å². The maximum atomic E-state index is 9.68. The summed E-state index contributed by atoms with van der Waals surface area (Å²) in [5, 5.41) is 3.95. The van der Waals surface area contributed by atoms with E-state index in [1.165, 1.54) is 0 Å². The Hall–Kier alpha value is -9.00. The largest absolute Gasteiger partial charge is 0.458 e. The van der Waals surface area contributed by atoms with Crippen molar-refractivity contribution in [3.63, 3.8) is 0 Å². The molecule has 0 bridgehead atoms. The van der Waals surface area contributed by atoms with E-state index in [0.717, 1.165) is 55.1 Å². The van der Waals surface area contributed by atoms with E-state index in [1.54, 1.807) is 12.1 Å². The van der Waals surface area contributed by atoms with Crippen molar-refractivity contribution in [1.29, 1.82) is 0 Å². The summed E-state index contributed by atoms with van der Waals surface area (Å²) < 4.78 is 93.5. The average Bonchev–Trinajstić information content (AvgIpc) is 4.06. The summed E-state index contributed by atoms with van der Waals surface area (Å²) in [6.07, 6.45) is 5.55. The maximum absolute atomic E-state index is 9.68. The highest BCUT2D eigenvalue weighted by atomic mass is 16.5. The lowest BCUT2D eigenvalue weighted by Crippen LogP contribution is -2.32. The van der Waals surface area contributed by atoms with Gasteiger partial charge in [-0.15, -0.1) is 0 Å². The monoisotopic (exact) mass is 908 g/mol. The summed E-state index contributed by atoms with van der Waals surface area (Å²) in [5.41, 5.74) is 9.11. The third-order valence-corrected chi connectivity index (χ3v) is 13.6. The van der Waals surface area contributed by atoms with E-state index in [1.807, 2.05) is 125 Å². The highest BCUT2D eigenvalue weighted by Gasteiger charge is 2.27. The van der Waals surface area contributed by atoms with Gasteiger partial charge in [0.05, 0.1) is 44.4 Å². The first-order valence-corrected chi connectivity index (χ1v) is 23.2. The molecule has 70 heavy (non-hydrogen) atoms. The first-order chi connectivity index (χ1) is 37.7. The van der Waals surface area contributed by atoms with Crippen molar-refractivity contribution in [2.75, 3.05) is 0 Å². The first-order valence-electron chi connectivity index (χ1n) is 27.2. The van der Waals surface area contributed by atoms with Gasteiger partial charge in [-0.1, -0.05) is 154 Å². The molecule has 0 saturated carbocycles. The fraction of sp³-hybridized carbons (Fsp3) is 0.0625. The molecule has 6 heteroatoms. The van der Waals surface area contributed by atoms with Gasteiger partial charge in [-0.25, -0.2) is 4.98 Å². The number of benzene rings is 9.